The molecule has 0 bridgehead atoms. The minimum absolute atomic E-state index is 0.0379. The Morgan fingerprint density at radius 2 is 1.82 bits per heavy atom. The number of amides is 2. The summed E-state index contributed by atoms with van der Waals surface area (Å²) in [6.45, 7) is 4.54. The van der Waals surface area contributed by atoms with Crippen molar-refractivity contribution in [3.63, 3.8) is 0 Å². The van der Waals surface area contributed by atoms with E-state index in [4.69, 9.17) is 4.74 Å². The number of hydrogen-bond donors (Lipinski definition) is 2. The molecule has 1 aliphatic carbocycles. The molecular weight excluding hydrogens is 372 g/mol. The predicted octanol–water partition coefficient (Wildman–Crippen LogP) is 4.94. The zero-order chi connectivity index (χ0) is 19.9. The van der Waals surface area contributed by atoms with E-state index in [1.165, 1.54) is 11.8 Å². The molecule has 0 heterocycles. The summed E-state index contributed by atoms with van der Waals surface area (Å²) in [4.78, 5) is 25.6. The molecule has 0 saturated heterocycles. The molecule has 1 aliphatic rings. The largest absolute Gasteiger partial charge is 0.494 e. The average molecular weight is 399 g/mol. The predicted molar refractivity (Wildman–Crippen MR) is 114 cm³/mol. The quantitative estimate of drug-likeness (QED) is 0.587. The lowest BCUT2D eigenvalue weighted by Crippen LogP contribution is -2.24. The number of hydrogen-bond acceptors (Lipinski definition) is 4. The monoisotopic (exact) mass is 398 g/mol. The number of ether oxygens (including phenoxy) is 1. The van der Waals surface area contributed by atoms with Crippen molar-refractivity contribution in [1.29, 1.82) is 0 Å². The van der Waals surface area contributed by atoms with E-state index < -0.39 is 0 Å². The number of rotatable bonds is 9. The fourth-order valence-corrected chi connectivity index (χ4v) is 3.76. The summed E-state index contributed by atoms with van der Waals surface area (Å²) in [5.74, 6) is 0.998. The lowest BCUT2D eigenvalue weighted by Gasteiger charge is -2.16. The Morgan fingerprint density at radius 3 is 2.46 bits per heavy atom. The van der Waals surface area contributed by atoms with Crippen LogP contribution in [0.3, 0.4) is 0 Å². The minimum Gasteiger partial charge on any atom is -0.494 e. The van der Waals surface area contributed by atoms with Crippen LogP contribution >= 0.6 is 11.8 Å². The highest BCUT2D eigenvalue weighted by Crippen LogP contribution is 2.32. The highest BCUT2D eigenvalue weighted by molar-refractivity contribution is 8.00. The van der Waals surface area contributed by atoms with Gasteiger partial charge in [-0.1, -0.05) is 13.0 Å². The van der Waals surface area contributed by atoms with Crippen LogP contribution in [-0.4, -0.2) is 23.7 Å². The van der Waals surface area contributed by atoms with Crippen LogP contribution in [0.5, 0.6) is 5.75 Å². The third-order valence-corrected chi connectivity index (χ3v) is 5.78. The molecular formula is C22H26N2O3S. The molecule has 0 aliphatic heterocycles. The Hall–Kier alpha value is -2.47. The van der Waals surface area contributed by atoms with Crippen LogP contribution in [0.15, 0.2) is 53.4 Å². The molecule has 2 N–H and O–H groups in total. The third-order valence-electron chi connectivity index (χ3n) is 4.42. The highest BCUT2D eigenvalue weighted by atomic mass is 32.2. The molecule has 0 radical (unpaired) electrons. The van der Waals surface area contributed by atoms with Crippen molar-refractivity contribution in [3.05, 3.63) is 48.5 Å². The van der Waals surface area contributed by atoms with E-state index in [0.29, 0.717) is 13.0 Å². The van der Waals surface area contributed by atoms with Crippen LogP contribution in [0, 0.1) is 5.92 Å². The van der Waals surface area contributed by atoms with E-state index in [-0.39, 0.29) is 23.0 Å². The summed E-state index contributed by atoms with van der Waals surface area (Å²) in [7, 11) is 0. The van der Waals surface area contributed by atoms with Crippen molar-refractivity contribution in [2.45, 2.75) is 43.3 Å². The zero-order valence-electron chi connectivity index (χ0n) is 16.2. The van der Waals surface area contributed by atoms with E-state index in [2.05, 4.69) is 10.6 Å². The fourth-order valence-electron chi connectivity index (χ4n) is 2.75. The van der Waals surface area contributed by atoms with Crippen molar-refractivity contribution in [3.8, 4) is 5.75 Å². The molecule has 0 aromatic heterocycles. The van der Waals surface area contributed by atoms with E-state index in [1.807, 2.05) is 62.4 Å². The van der Waals surface area contributed by atoms with Crippen LogP contribution in [0.2, 0.25) is 0 Å². The van der Waals surface area contributed by atoms with Gasteiger partial charge in [-0.3, -0.25) is 9.59 Å². The Morgan fingerprint density at radius 1 is 1.07 bits per heavy atom. The molecule has 28 heavy (non-hydrogen) atoms. The van der Waals surface area contributed by atoms with Gasteiger partial charge in [0.25, 0.3) is 0 Å². The van der Waals surface area contributed by atoms with Crippen LogP contribution in [-0.2, 0) is 9.59 Å². The summed E-state index contributed by atoms with van der Waals surface area (Å²) in [6.07, 6.45) is 2.65. The smallest absolute Gasteiger partial charge is 0.237 e. The molecule has 1 saturated carbocycles. The van der Waals surface area contributed by atoms with E-state index in [0.717, 1.165) is 34.9 Å². The van der Waals surface area contributed by atoms with E-state index >= 15 is 0 Å². The van der Waals surface area contributed by atoms with Crippen molar-refractivity contribution in [2.24, 2.45) is 5.92 Å². The van der Waals surface area contributed by atoms with Gasteiger partial charge in [0.15, 0.2) is 0 Å². The first-order valence-electron chi connectivity index (χ1n) is 9.70. The fraction of sp³-hybridized carbons (Fsp3) is 0.364. The van der Waals surface area contributed by atoms with Crippen molar-refractivity contribution in [2.75, 3.05) is 17.2 Å². The van der Waals surface area contributed by atoms with Gasteiger partial charge in [0.1, 0.15) is 5.75 Å². The number of nitrogens with one attached hydrogen (secondary N) is 2. The maximum absolute atomic E-state index is 12.7. The molecule has 2 aromatic rings. The Kier molecular flexibility index (Phi) is 6.98. The maximum atomic E-state index is 12.7. The second-order valence-corrected chi connectivity index (χ2v) is 8.03. The maximum Gasteiger partial charge on any atom is 0.237 e. The number of thioether (sulfide) groups is 1. The van der Waals surface area contributed by atoms with Crippen molar-refractivity contribution in [1.82, 2.24) is 0 Å². The SMILES string of the molecule is CCOc1ccc(NC(=O)C(CC)Sc2cccc(NC(=O)C3CC3)c2)cc1. The number of benzene rings is 2. The standard InChI is InChI=1S/C22H26N2O3S/c1-3-20(22(26)23-16-10-12-18(13-11-16)27-4-2)28-19-7-5-6-17(14-19)24-21(25)15-8-9-15/h5-7,10-15,20H,3-4,8-9H2,1-2H3,(H,23,26)(H,24,25). The molecule has 1 atom stereocenters. The number of anilines is 2. The van der Waals surface area contributed by atoms with Gasteiger partial charge in [0.05, 0.1) is 11.9 Å². The highest BCUT2D eigenvalue weighted by Gasteiger charge is 2.29. The lowest BCUT2D eigenvalue weighted by atomic mass is 10.2. The minimum atomic E-state index is -0.221. The lowest BCUT2D eigenvalue weighted by molar-refractivity contribution is -0.117. The molecule has 148 valence electrons. The first-order valence-corrected chi connectivity index (χ1v) is 10.6. The zero-order valence-corrected chi connectivity index (χ0v) is 17.1. The van der Waals surface area contributed by atoms with Gasteiger partial charge in [0, 0.05) is 22.2 Å². The van der Waals surface area contributed by atoms with Gasteiger partial charge in [0.2, 0.25) is 11.8 Å². The molecule has 1 fully saturated rings. The van der Waals surface area contributed by atoms with Gasteiger partial charge >= 0.3 is 0 Å². The second-order valence-electron chi connectivity index (χ2n) is 6.75. The van der Waals surface area contributed by atoms with Gasteiger partial charge in [-0.15, -0.1) is 11.8 Å². The van der Waals surface area contributed by atoms with Gasteiger partial charge in [-0.2, -0.15) is 0 Å². The van der Waals surface area contributed by atoms with Crippen LogP contribution in [0.4, 0.5) is 11.4 Å². The van der Waals surface area contributed by atoms with Crippen LogP contribution < -0.4 is 15.4 Å². The summed E-state index contributed by atoms with van der Waals surface area (Å²) in [5, 5.41) is 5.70. The Bertz CT molecular complexity index is 819. The molecule has 3 rings (SSSR count). The van der Waals surface area contributed by atoms with Crippen molar-refractivity contribution < 1.29 is 14.3 Å². The molecule has 2 aromatic carbocycles. The van der Waals surface area contributed by atoms with Gasteiger partial charge in [-0.05, 0) is 68.7 Å². The number of carbonyl (C=O) groups is 2. The summed E-state index contributed by atoms with van der Waals surface area (Å²) < 4.78 is 5.42. The van der Waals surface area contributed by atoms with Crippen molar-refractivity contribution >= 4 is 35.0 Å². The summed E-state index contributed by atoms with van der Waals surface area (Å²) in [5.41, 5.74) is 1.53. The average Bonchev–Trinajstić information content (AvgIpc) is 3.53. The topological polar surface area (TPSA) is 67.4 Å². The molecule has 1 unspecified atom stereocenters. The number of carbonyl (C=O) groups excluding carboxylic acids is 2. The van der Waals surface area contributed by atoms with Crippen LogP contribution in [0.25, 0.3) is 0 Å². The summed E-state index contributed by atoms with van der Waals surface area (Å²) in [6, 6.07) is 15.1. The van der Waals surface area contributed by atoms with E-state index in [1.54, 1.807) is 0 Å². The van der Waals surface area contributed by atoms with Gasteiger partial charge < -0.3 is 15.4 Å². The molecule has 6 heteroatoms. The Balaban J connectivity index is 1.59. The first kappa shape index (κ1) is 20.3. The van der Waals surface area contributed by atoms with Gasteiger partial charge in [-0.25, -0.2) is 0 Å². The van der Waals surface area contributed by atoms with Crippen LogP contribution in [0.1, 0.15) is 33.1 Å². The van der Waals surface area contributed by atoms with E-state index in [9.17, 15) is 9.59 Å². The third kappa shape index (κ3) is 5.76. The second kappa shape index (κ2) is 9.64. The molecule has 2 amide bonds. The Labute approximate surface area is 170 Å². The normalized spacial score (nSPS) is 14.2. The first-order chi connectivity index (χ1) is 13.6. The molecule has 0 spiro atoms. The molecule has 5 nitrogen and oxygen atoms in total. The summed E-state index contributed by atoms with van der Waals surface area (Å²) >= 11 is 1.50.